The Kier molecular flexibility index (Phi) is 6.29. The van der Waals surface area contributed by atoms with Crippen molar-refractivity contribution in [3.63, 3.8) is 0 Å². The fraction of sp³-hybridized carbons (Fsp3) is 0.333. The second-order valence-electron chi connectivity index (χ2n) is 4.32. The van der Waals surface area contributed by atoms with Crippen LogP contribution in [0.5, 0.6) is 5.75 Å². The Bertz CT molecular complexity index is 508. The van der Waals surface area contributed by atoms with E-state index in [4.69, 9.17) is 9.84 Å². The molecule has 0 aliphatic heterocycles. The lowest BCUT2D eigenvalue weighted by atomic mass is 10.2. The minimum absolute atomic E-state index is 0.164. The normalized spacial score (nSPS) is 11.0. The summed E-state index contributed by atoms with van der Waals surface area (Å²) in [6, 6.07) is 7.07. The van der Waals surface area contributed by atoms with E-state index in [1.807, 2.05) is 6.07 Å². The first-order valence-electron chi connectivity index (χ1n) is 6.48. The van der Waals surface area contributed by atoms with Crippen LogP contribution in [0.3, 0.4) is 0 Å². The first kappa shape index (κ1) is 15.8. The lowest BCUT2D eigenvalue weighted by Crippen LogP contribution is -2.24. The maximum atomic E-state index is 11.0. The average molecular weight is 277 g/mol. The molecule has 0 bridgehead atoms. The van der Waals surface area contributed by atoms with Crippen molar-refractivity contribution in [2.75, 3.05) is 6.61 Å². The Morgan fingerprint density at radius 3 is 2.75 bits per heavy atom. The molecule has 0 heterocycles. The number of hydrogen-bond donors (Lipinski definition) is 2. The molecule has 0 saturated heterocycles. The number of aliphatic carboxylic acids is 1. The highest BCUT2D eigenvalue weighted by Gasteiger charge is 2.08. The number of carbonyl (C=O) groups excluding carboxylic acids is 1. The van der Waals surface area contributed by atoms with Crippen LogP contribution >= 0.6 is 0 Å². The highest BCUT2D eigenvalue weighted by atomic mass is 16.5. The predicted octanol–water partition coefficient (Wildman–Crippen LogP) is 2.43. The van der Waals surface area contributed by atoms with Gasteiger partial charge in [0.1, 0.15) is 11.4 Å². The minimum atomic E-state index is -1.18. The zero-order valence-electron chi connectivity index (χ0n) is 11.7. The SMILES string of the molecule is CCCCOc1cccc(C=C(NC(C)=O)C(=O)O)c1. The number of unbranched alkanes of at least 4 members (excludes halogenated alkanes) is 1. The smallest absolute Gasteiger partial charge is 0.352 e. The maximum absolute atomic E-state index is 11.0. The number of amides is 1. The molecule has 0 fully saturated rings. The number of carbonyl (C=O) groups is 2. The topological polar surface area (TPSA) is 75.6 Å². The molecule has 0 aliphatic carbocycles. The number of benzene rings is 1. The Morgan fingerprint density at radius 1 is 1.40 bits per heavy atom. The third kappa shape index (κ3) is 5.56. The Morgan fingerprint density at radius 2 is 2.15 bits per heavy atom. The molecule has 108 valence electrons. The van der Waals surface area contributed by atoms with Gasteiger partial charge >= 0.3 is 5.97 Å². The number of ether oxygens (including phenoxy) is 1. The average Bonchev–Trinajstić information content (AvgIpc) is 2.38. The van der Waals surface area contributed by atoms with Crippen LogP contribution in [0.15, 0.2) is 30.0 Å². The van der Waals surface area contributed by atoms with E-state index < -0.39 is 11.9 Å². The summed E-state index contributed by atoms with van der Waals surface area (Å²) in [6.07, 6.45) is 3.41. The van der Waals surface area contributed by atoms with Crippen LogP contribution in [0, 0.1) is 0 Å². The van der Waals surface area contributed by atoms with Gasteiger partial charge in [-0.2, -0.15) is 0 Å². The Labute approximate surface area is 118 Å². The molecule has 5 heteroatoms. The van der Waals surface area contributed by atoms with E-state index in [0.717, 1.165) is 12.8 Å². The molecule has 1 aromatic carbocycles. The second kappa shape index (κ2) is 7.99. The lowest BCUT2D eigenvalue weighted by molar-refractivity contribution is -0.134. The Balaban J connectivity index is 2.86. The van der Waals surface area contributed by atoms with Gasteiger partial charge in [0.25, 0.3) is 0 Å². The molecule has 0 aliphatic rings. The van der Waals surface area contributed by atoms with Gasteiger partial charge in [-0.1, -0.05) is 25.5 Å². The van der Waals surface area contributed by atoms with Crippen molar-refractivity contribution in [3.05, 3.63) is 35.5 Å². The quantitative estimate of drug-likeness (QED) is 0.593. The third-order valence-corrected chi connectivity index (χ3v) is 2.48. The van der Waals surface area contributed by atoms with Gasteiger partial charge in [-0.15, -0.1) is 0 Å². The van der Waals surface area contributed by atoms with Crippen LogP contribution < -0.4 is 10.1 Å². The van der Waals surface area contributed by atoms with E-state index in [9.17, 15) is 9.59 Å². The van der Waals surface area contributed by atoms with Gasteiger partial charge in [0.2, 0.25) is 5.91 Å². The highest BCUT2D eigenvalue weighted by Crippen LogP contribution is 2.16. The summed E-state index contributed by atoms with van der Waals surface area (Å²) in [5, 5.41) is 11.3. The fourth-order valence-corrected chi connectivity index (χ4v) is 1.54. The summed E-state index contributed by atoms with van der Waals surface area (Å²) in [7, 11) is 0. The molecule has 0 atom stereocenters. The van der Waals surface area contributed by atoms with Crippen LogP contribution in [-0.4, -0.2) is 23.6 Å². The van der Waals surface area contributed by atoms with Crippen LogP contribution in [0.1, 0.15) is 32.3 Å². The van der Waals surface area contributed by atoms with Crippen molar-refractivity contribution in [1.29, 1.82) is 0 Å². The summed E-state index contributed by atoms with van der Waals surface area (Å²) in [5.74, 6) is -0.925. The van der Waals surface area contributed by atoms with Gasteiger partial charge in [-0.3, -0.25) is 4.79 Å². The molecule has 0 spiro atoms. The van der Waals surface area contributed by atoms with E-state index in [0.29, 0.717) is 17.9 Å². The summed E-state index contributed by atoms with van der Waals surface area (Å²) < 4.78 is 5.55. The highest BCUT2D eigenvalue weighted by molar-refractivity contribution is 5.96. The van der Waals surface area contributed by atoms with E-state index in [1.165, 1.54) is 13.0 Å². The molecule has 1 amide bonds. The summed E-state index contributed by atoms with van der Waals surface area (Å²) in [6.45, 7) is 3.97. The molecule has 20 heavy (non-hydrogen) atoms. The van der Waals surface area contributed by atoms with Crippen LogP contribution in [0.4, 0.5) is 0 Å². The van der Waals surface area contributed by atoms with Gasteiger partial charge in [-0.25, -0.2) is 4.79 Å². The molecular formula is C15H19NO4. The monoisotopic (exact) mass is 277 g/mol. The molecule has 2 N–H and O–H groups in total. The third-order valence-electron chi connectivity index (χ3n) is 2.48. The molecule has 0 radical (unpaired) electrons. The molecule has 0 saturated carbocycles. The van der Waals surface area contributed by atoms with Crippen molar-refractivity contribution in [3.8, 4) is 5.75 Å². The van der Waals surface area contributed by atoms with Crippen molar-refractivity contribution < 1.29 is 19.4 Å². The van der Waals surface area contributed by atoms with E-state index in [-0.39, 0.29) is 5.70 Å². The van der Waals surface area contributed by atoms with Crippen LogP contribution in [0.2, 0.25) is 0 Å². The molecular weight excluding hydrogens is 258 g/mol. The predicted molar refractivity (Wildman–Crippen MR) is 76.3 cm³/mol. The number of rotatable bonds is 7. The largest absolute Gasteiger partial charge is 0.494 e. The molecule has 0 unspecified atom stereocenters. The van der Waals surface area contributed by atoms with Crippen LogP contribution in [-0.2, 0) is 9.59 Å². The fourth-order valence-electron chi connectivity index (χ4n) is 1.54. The first-order valence-corrected chi connectivity index (χ1v) is 6.48. The van der Waals surface area contributed by atoms with Crippen molar-refractivity contribution >= 4 is 18.0 Å². The number of carboxylic acids is 1. The molecule has 1 aromatic rings. The number of carboxylic acid groups (broad SMARTS) is 1. The zero-order chi connectivity index (χ0) is 15.0. The van der Waals surface area contributed by atoms with Crippen LogP contribution in [0.25, 0.3) is 6.08 Å². The van der Waals surface area contributed by atoms with Gasteiger partial charge in [0.15, 0.2) is 0 Å². The number of hydrogen-bond acceptors (Lipinski definition) is 3. The van der Waals surface area contributed by atoms with Gasteiger partial charge in [0.05, 0.1) is 6.61 Å². The standard InChI is InChI=1S/C15H19NO4/c1-3-4-8-20-13-7-5-6-12(9-13)10-14(15(18)19)16-11(2)17/h5-7,9-10H,3-4,8H2,1-2H3,(H,16,17)(H,18,19). The second-order valence-corrected chi connectivity index (χ2v) is 4.32. The van der Waals surface area contributed by atoms with E-state index >= 15 is 0 Å². The molecule has 0 aromatic heterocycles. The van der Waals surface area contributed by atoms with Crippen molar-refractivity contribution in [2.24, 2.45) is 0 Å². The molecule has 5 nitrogen and oxygen atoms in total. The van der Waals surface area contributed by atoms with E-state index in [2.05, 4.69) is 12.2 Å². The summed E-state index contributed by atoms with van der Waals surface area (Å²) >= 11 is 0. The van der Waals surface area contributed by atoms with Crippen molar-refractivity contribution in [2.45, 2.75) is 26.7 Å². The van der Waals surface area contributed by atoms with Gasteiger partial charge in [-0.05, 0) is 30.2 Å². The minimum Gasteiger partial charge on any atom is -0.494 e. The molecule has 1 rings (SSSR count). The van der Waals surface area contributed by atoms with Crippen molar-refractivity contribution in [1.82, 2.24) is 5.32 Å². The van der Waals surface area contributed by atoms with E-state index in [1.54, 1.807) is 18.2 Å². The lowest BCUT2D eigenvalue weighted by Gasteiger charge is -2.07. The van der Waals surface area contributed by atoms with Gasteiger partial charge < -0.3 is 15.2 Å². The first-order chi connectivity index (χ1) is 9.52. The Hall–Kier alpha value is -2.30. The maximum Gasteiger partial charge on any atom is 0.352 e. The van der Waals surface area contributed by atoms with Gasteiger partial charge in [0, 0.05) is 6.92 Å². The zero-order valence-corrected chi connectivity index (χ0v) is 11.7. The number of nitrogens with one attached hydrogen (secondary N) is 1. The summed E-state index contributed by atoms with van der Waals surface area (Å²) in [4.78, 5) is 22.0. The summed E-state index contributed by atoms with van der Waals surface area (Å²) in [5.41, 5.74) is 0.494.